The van der Waals surface area contributed by atoms with Crippen molar-refractivity contribution in [2.24, 2.45) is 0 Å². The highest BCUT2D eigenvalue weighted by atomic mass is 16.2. The van der Waals surface area contributed by atoms with Gasteiger partial charge in [0.2, 0.25) is 0 Å². The summed E-state index contributed by atoms with van der Waals surface area (Å²) in [6.07, 6.45) is 0. The van der Waals surface area contributed by atoms with Gasteiger partial charge >= 0.3 is 11.8 Å². The summed E-state index contributed by atoms with van der Waals surface area (Å²) in [7, 11) is 1.59. The van der Waals surface area contributed by atoms with Crippen LogP contribution < -0.4 is 10.2 Å². The van der Waals surface area contributed by atoms with Gasteiger partial charge in [-0.3, -0.25) is 9.59 Å². The van der Waals surface area contributed by atoms with Gasteiger partial charge in [0, 0.05) is 12.7 Å². The number of nitrogens with zero attached hydrogens (tertiary/aromatic N) is 1. The summed E-state index contributed by atoms with van der Waals surface area (Å²) in [5.41, 5.74) is 2.51. The van der Waals surface area contributed by atoms with Crippen molar-refractivity contribution in [2.45, 2.75) is 6.04 Å². The van der Waals surface area contributed by atoms with E-state index in [0.717, 1.165) is 11.1 Å². The molecule has 0 fully saturated rings. The fourth-order valence-corrected chi connectivity index (χ4v) is 2.76. The summed E-state index contributed by atoms with van der Waals surface area (Å²) in [5, 5.41) is 2.87. The third-order valence-electron chi connectivity index (χ3n) is 4.18. The SMILES string of the molecule is CN(C(=O)C(=O)NC(c1ccccc1)c1ccccc1)c1ccccc1. The van der Waals surface area contributed by atoms with Gasteiger partial charge in [-0.25, -0.2) is 0 Å². The van der Waals surface area contributed by atoms with Crippen LogP contribution in [0.4, 0.5) is 5.69 Å². The van der Waals surface area contributed by atoms with Gasteiger partial charge in [-0.05, 0) is 23.3 Å². The molecule has 0 saturated carbocycles. The molecule has 0 atom stereocenters. The van der Waals surface area contributed by atoms with Gasteiger partial charge in [0.1, 0.15) is 0 Å². The van der Waals surface area contributed by atoms with Crippen LogP contribution in [0.15, 0.2) is 91.0 Å². The highest BCUT2D eigenvalue weighted by Gasteiger charge is 2.24. The van der Waals surface area contributed by atoms with Crippen molar-refractivity contribution < 1.29 is 9.59 Å². The quantitative estimate of drug-likeness (QED) is 0.736. The lowest BCUT2D eigenvalue weighted by Gasteiger charge is -2.22. The number of amides is 2. The van der Waals surface area contributed by atoms with Crippen molar-refractivity contribution in [1.82, 2.24) is 5.32 Å². The molecule has 0 heterocycles. The van der Waals surface area contributed by atoms with E-state index in [1.807, 2.05) is 78.9 Å². The molecule has 0 aliphatic carbocycles. The van der Waals surface area contributed by atoms with Crippen LogP contribution in [0.2, 0.25) is 0 Å². The predicted octanol–water partition coefficient (Wildman–Crippen LogP) is 3.56. The number of rotatable bonds is 4. The Balaban J connectivity index is 1.83. The Morgan fingerprint density at radius 2 is 1.15 bits per heavy atom. The lowest BCUT2D eigenvalue weighted by atomic mass is 9.98. The molecule has 0 aliphatic heterocycles. The number of anilines is 1. The normalized spacial score (nSPS) is 10.4. The Kier molecular flexibility index (Phi) is 5.44. The van der Waals surface area contributed by atoms with Gasteiger partial charge in [0.15, 0.2) is 0 Å². The van der Waals surface area contributed by atoms with Crippen molar-refractivity contribution in [3.63, 3.8) is 0 Å². The summed E-state index contributed by atoms with van der Waals surface area (Å²) >= 11 is 0. The number of para-hydroxylation sites is 1. The minimum absolute atomic E-state index is 0.391. The lowest BCUT2D eigenvalue weighted by molar-refractivity contribution is -0.137. The van der Waals surface area contributed by atoms with Crippen molar-refractivity contribution in [1.29, 1.82) is 0 Å². The van der Waals surface area contributed by atoms with Gasteiger partial charge < -0.3 is 10.2 Å². The Morgan fingerprint density at radius 3 is 1.62 bits per heavy atom. The number of carbonyl (C=O) groups excluding carboxylic acids is 2. The van der Waals surface area contributed by atoms with E-state index in [0.29, 0.717) is 5.69 Å². The number of benzene rings is 3. The van der Waals surface area contributed by atoms with E-state index < -0.39 is 17.9 Å². The third kappa shape index (κ3) is 3.98. The fraction of sp³-hybridized carbons (Fsp3) is 0.0909. The second-order valence-corrected chi connectivity index (χ2v) is 5.93. The zero-order valence-electron chi connectivity index (χ0n) is 14.5. The molecule has 26 heavy (non-hydrogen) atoms. The van der Waals surface area contributed by atoms with Crippen molar-refractivity contribution >= 4 is 17.5 Å². The van der Waals surface area contributed by atoms with E-state index in [4.69, 9.17) is 0 Å². The Bertz CT molecular complexity index is 825. The molecule has 4 heteroatoms. The Hall–Kier alpha value is -3.40. The molecule has 0 spiro atoms. The molecule has 0 bridgehead atoms. The number of hydrogen-bond donors (Lipinski definition) is 1. The first kappa shape index (κ1) is 17.4. The monoisotopic (exact) mass is 344 g/mol. The Morgan fingerprint density at radius 1 is 0.731 bits per heavy atom. The molecule has 2 amide bonds. The third-order valence-corrected chi connectivity index (χ3v) is 4.18. The van der Waals surface area contributed by atoms with Crippen LogP contribution in [-0.2, 0) is 9.59 Å². The molecule has 4 nitrogen and oxygen atoms in total. The van der Waals surface area contributed by atoms with Crippen LogP contribution in [0.1, 0.15) is 17.2 Å². The zero-order chi connectivity index (χ0) is 18.4. The van der Waals surface area contributed by atoms with E-state index in [1.54, 1.807) is 19.2 Å². The molecule has 0 aliphatic rings. The number of hydrogen-bond acceptors (Lipinski definition) is 2. The minimum atomic E-state index is -0.644. The summed E-state index contributed by atoms with van der Waals surface area (Å²) in [6, 6.07) is 27.9. The van der Waals surface area contributed by atoms with Crippen LogP contribution in [0, 0.1) is 0 Å². The molecule has 3 rings (SSSR count). The van der Waals surface area contributed by atoms with Crippen molar-refractivity contribution in [2.75, 3.05) is 11.9 Å². The second kappa shape index (κ2) is 8.12. The maximum atomic E-state index is 12.6. The first-order valence-electron chi connectivity index (χ1n) is 8.40. The van der Waals surface area contributed by atoms with E-state index in [9.17, 15) is 9.59 Å². The molecule has 3 aromatic rings. The first-order chi connectivity index (χ1) is 12.7. The summed E-state index contributed by atoms with van der Waals surface area (Å²) in [6.45, 7) is 0. The number of likely N-dealkylation sites (N-methyl/N-ethyl adjacent to an activating group) is 1. The van der Waals surface area contributed by atoms with Crippen molar-refractivity contribution in [3.05, 3.63) is 102 Å². The van der Waals surface area contributed by atoms with Gasteiger partial charge in [-0.15, -0.1) is 0 Å². The molecular weight excluding hydrogens is 324 g/mol. The van der Waals surface area contributed by atoms with Crippen LogP contribution in [0.3, 0.4) is 0 Å². The maximum absolute atomic E-state index is 12.6. The molecule has 130 valence electrons. The average Bonchev–Trinajstić information content (AvgIpc) is 2.72. The summed E-state index contributed by atoms with van der Waals surface area (Å²) in [4.78, 5) is 26.5. The highest BCUT2D eigenvalue weighted by Crippen LogP contribution is 2.22. The predicted molar refractivity (Wildman–Crippen MR) is 103 cm³/mol. The topological polar surface area (TPSA) is 49.4 Å². The van der Waals surface area contributed by atoms with Gasteiger partial charge in [0.25, 0.3) is 0 Å². The lowest BCUT2D eigenvalue weighted by Crippen LogP contribution is -2.42. The molecule has 0 radical (unpaired) electrons. The molecule has 3 aromatic carbocycles. The largest absolute Gasteiger partial charge is 0.337 e. The van der Waals surface area contributed by atoms with Crippen LogP contribution in [0.5, 0.6) is 0 Å². The van der Waals surface area contributed by atoms with Gasteiger partial charge in [-0.2, -0.15) is 0 Å². The van der Waals surface area contributed by atoms with E-state index in [-0.39, 0.29) is 0 Å². The van der Waals surface area contributed by atoms with E-state index >= 15 is 0 Å². The highest BCUT2D eigenvalue weighted by molar-refractivity contribution is 6.40. The summed E-state index contributed by atoms with van der Waals surface area (Å²) in [5.74, 6) is -1.25. The maximum Gasteiger partial charge on any atom is 0.316 e. The summed E-state index contributed by atoms with van der Waals surface area (Å²) < 4.78 is 0. The van der Waals surface area contributed by atoms with Gasteiger partial charge in [0.05, 0.1) is 6.04 Å². The first-order valence-corrected chi connectivity index (χ1v) is 8.40. The number of carbonyl (C=O) groups is 2. The molecular formula is C22H20N2O2. The van der Waals surface area contributed by atoms with Crippen molar-refractivity contribution in [3.8, 4) is 0 Å². The average molecular weight is 344 g/mol. The molecule has 0 saturated heterocycles. The molecule has 0 unspecified atom stereocenters. The second-order valence-electron chi connectivity index (χ2n) is 5.93. The smallest absolute Gasteiger partial charge is 0.316 e. The standard InChI is InChI=1S/C22H20N2O2/c1-24(19-15-9-4-10-16-19)22(26)21(25)23-20(17-11-5-2-6-12-17)18-13-7-3-8-14-18/h2-16,20H,1H3,(H,23,25). The fourth-order valence-electron chi connectivity index (χ4n) is 2.76. The van der Waals surface area contributed by atoms with Crippen LogP contribution in [-0.4, -0.2) is 18.9 Å². The van der Waals surface area contributed by atoms with Gasteiger partial charge in [-0.1, -0.05) is 78.9 Å². The van der Waals surface area contributed by atoms with E-state index in [1.165, 1.54) is 4.90 Å². The Labute approximate surface area is 153 Å². The zero-order valence-corrected chi connectivity index (χ0v) is 14.5. The molecule has 1 N–H and O–H groups in total. The molecule has 0 aromatic heterocycles. The minimum Gasteiger partial charge on any atom is -0.337 e. The van der Waals surface area contributed by atoms with Crippen LogP contribution in [0.25, 0.3) is 0 Å². The number of nitrogens with one attached hydrogen (secondary N) is 1. The van der Waals surface area contributed by atoms with Crippen LogP contribution >= 0.6 is 0 Å². The van der Waals surface area contributed by atoms with E-state index in [2.05, 4.69) is 5.32 Å².